The second kappa shape index (κ2) is 6.17. The number of halogens is 2. The van der Waals surface area contributed by atoms with Crippen LogP contribution in [0, 0.1) is 12.7 Å². The van der Waals surface area contributed by atoms with E-state index >= 15 is 0 Å². The summed E-state index contributed by atoms with van der Waals surface area (Å²) in [5.41, 5.74) is 3.29. The first-order chi connectivity index (χ1) is 10.2. The summed E-state index contributed by atoms with van der Waals surface area (Å²) in [6.07, 6.45) is 1.02. The van der Waals surface area contributed by atoms with Crippen LogP contribution in [-0.4, -0.2) is 13.1 Å². The summed E-state index contributed by atoms with van der Waals surface area (Å²) in [5.74, 6) is 0.392. The van der Waals surface area contributed by atoms with Crippen LogP contribution in [0.2, 0.25) is 5.02 Å². The van der Waals surface area contributed by atoms with Gasteiger partial charge in [0, 0.05) is 17.5 Å². The highest BCUT2D eigenvalue weighted by Crippen LogP contribution is 2.39. The summed E-state index contributed by atoms with van der Waals surface area (Å²) in [6.45, 7) is 3.87. The van der Waals surface area contributed by atoms with Crippen LogP contribution in [0.4, 0.5) is 4.39 Å². The van der Waals surface area contributed by atoms with Gasteiger partial charge in [-0.3, -0.25) is 0 Å². The second-order valence-corrected chi connectivity index (χ2v) is 6.16. The molecule has 3 rings (SSSR count). The second-order valence-electron chi connectivity index (χ2n) is 5.73. The summed E-state index contributed by atoms with van der Waals surface area (Å²) in [7, 11) is 0. The third kappa shape index (κ3) is 2.97. The Labute approximate surface area is 130 Å². The highest BCUT2D eigenvalue weighted by Gasteiger charge is 2.30. The normalized spacial score (nSPS) is 22.2. The van der Waals surface area contributed by atoms with Crippen LogP contribution in [0.1, 0.15) is 34.9 Å². The largest absolute Gasteiger partial charge is 0.316 e. The lowest BCUT2D eigenvalue weighted by Crippen LogP contribution is -2.34. The molecule has 2 aromatic rings. The van der Waals surface area contributed by atoms with Gasteiger partial charge < -0.3 is 5.32 Å². The Kier molecular flexibility index (Phi) is 4.27. The minimum atomic E-state index is -0.109. The molecule has 0 bridgehead atoms. The Morgan fingerprint density at radius 1 is 1.10 bits per heavy atom. The van der Waals surface area contributed by atoms with E-state index in [4.69, 9.17) is 11.6 Å². The monoisotopic (exact) mass is 303 g/mol. The molecule has 0 spiro atoms. The van der Waals surface area contributed by atoms with Crippen LogP contribution in [0.5, 0.6) is 0 Å². The Balaban J connectivity index is 2.00. The lowest BCUT2D eigenvalue weighted by Gasteiger charge is -2.34. The first-order valence-electron chi connectivity index (χ1n) is 7.38. The Morgan fingerprint density at radius 3 is 2.67 bits per heavy atom. The first kappa shape index (κ1) is 14.6. The molecule has 2 atom stereocenters. The smallest absolute Gasteiger partial charge is 0.126 e. The fourth-order valence-corrected chi connectivity index (χ4v) is 3.62. The molecule has 3 heteroatoms. The van der Waals surface area contributed by atoms with Crippen molar-refractivity contribution < 1.29 is 4.39 Å². The van der Waals surface area contributed by atoms with E-state index in [9.17, 15) is 4.39 Å². The van der Waals surface area contributed by atoms with Gasteiger partial charge in [0.25, 0.3) is 0 Å². The van der Waals surface area contributed by atoms with E-state index in [-0.39, 0.29) is 11.7 Å². The molecule has 0 aliphatic carbocycles. The lowest BCUT2D eigenvalue weighted by molar-refractivity contribution is 0.392. The van der Waals surface area contributed by atoms with Gasteiger partial charge in [-0.1, -0.05) is 35.9 Å². The zero-order valence-corrected chi connectivity index (χ0v) is 12.8. The average Bonchev–Trinajstić information content (AvgIpc) is 2.48. The molecule has 1 heterocycles. The van der Waals surface area contributed by atoms with E-state index in [2.05, 4.69) is 18.3 Å². The molecule has 0 amide bonds. The topological polar surface area (TPSA) is 12.0 Å². The van der Waals surface area contributed by atoms with Crippen molar-refractivity contribution in [1.29, 1.82) is 0 Å². The Bertz CT molecular complexity index is 641. The van der Waals surface area contributed by atoms with Gasteiger partial charge in [0.15, 0.2) is 0 Å². The maximum Gasteiger partial charge on any atom is 0.126 e. The van der Waals surface area contributed by atoms with E-state index in [1.165, 1.54) is 11.1 Å². The highest BCUT2D eigenvalue weighted by atomic mass is 35.5. The van der Waals surface area contributed by atoms with Gasteiger partial charge in [-0.2, -0.15) is 0 Å². The van der Waals surface area contributed by atoms with Gasteiger partial charge in [-0.15, -0.1) is 0 Å². The van der Waals surface area contributed by atoms with Crippen molar-refractivity contribution in [2.75, 3.05) is 13.1 Å². The van der Waals surface area contributed by atoms with Gasteiger partial charge in [-0.05, 0) is 60.7 Å². The summed E-state index contributed by atoms with van der Waals surface area (Å²) >= 11 is 6.06. The van der Waals surface area contributed by atoms with Gasteiger partial charge in [0.05, 0.1) is 0 Å². The Morgan fingerprint density at radius 2 is 1.90 bits per heavy atom. The van der Waals surface area contributed by atoms with Crippen LogP contribution in [0.25, 0.3) is 0 Å². The molecule has 21 heavy (non-hydrogen) atoms. The number of nitrogens with one attached hydrogen (secondary N) is 1. The predicted octanol–water partition coefficient (Wildman–Crippen LogP) is 4.65. The molecule has 1 fully saturated rings. The fourth-order valence-electron chi connectivity index (χ4n) is 3.39. The number of piperidine rings is 1. The lowest BCUT2D eigenvalue weighted by atomic mass is 9.76. The Hall–Kier alpha value is -1.38. The molecule has 1 saturated heterocycles. The summed E-state index contributed by atoms with van der Waals surface area (Å²) in [4.78, 5) is 0. The SMILES string of the molecule is Cc1cc(Cl)ccc1C1CCNCC1c1ccccc1F. The number of hydrogen-bond acceptors (Lipinski definition) is 1. The average molecular weight is 304 g/mol. The number of aryl methyl sites for hydroxylation is 1. The maximum atomic E-state index is 14.2. The van der Waals surface area contributed by atoms with Crippen LogP contribution in [0.15, 0.2) is 42.5 Å². The van der Waals surface area contributed by atoms with Gasteiger partial charge in [0.1, 0.15) is 5.82 Å². The van der Waals surface area contributed by atoms with Gasteiger partial charge >= 0.3 is 0 Å². The van der Waals surface area contributed by atoms with Crippen molar-refractivity contribution in [3.8, 4) is 0 Å². The first-order valence-corrected chi connectivity index (χ1v) is 7.76. The molecule has 2 aromatic carbocycles. The van der Waals surface area contributed by atoms with Crippen LogP contribution < -0.4 is 5.32 Å². The van der Waals surface area contributed by atoms with E-state index in [1.807, 2.05) is 24.3 Å². The van der Waals surface area contributed by atoms with Crippen molar-refractivity contribution in [2.45, 2.75) is 25.2 Å². The predicted molar refractivity (Wildman–Crippen MR) is 85.6 cm³/mol. The van der Waals surface area contributed by atoms with E-state index in [0.29, 0.717) is 5.92 Å². The van der Waals surface area contributed by atoms with E-state index < -0.39 is 0 Å². The molecule has 1 aliphatic heterocycles. The summed E-state index contributed by atoms with van der Waals surface area (Å²) < 4.78 is 14.2. The quantitative estimate of drug-likeness (QED) is 0.851. The number of hydrogen-bond donors (Lipinski definition) is 1. The van der Waals surface area contributed by atoms with Crippen molar-refractivity contribution in [3.63, 3.8) is 0 Å². The third-order valence-corrected chi connectivity index (χ3v) is 4.65. The number of benzene rings is 2. The molecule has 0 saturated carbocycles. The highest BCUT2D eigenvalue weighted by molar-refractivity contribution is 6.30. The van der Waals surface area contributed by atoms with E-state index in [0.717, 1.165) is 30.1 Å². The van der Waals surface area contributed by atoms with Crippen LogP contribution >= 0.6 is 11.6 Å². The minimum absolute atomic E-state index is 0.109. The molecular formula is C18H19ClFN. The zero-order valence-electron chi connectivity index (χ0n) is 12.1. The molecule has 2 unspecified atom stereocenters. The maximum absolute atomic E-state index is 14.2. The van der Waals surface area contributed by atoms with E-state index in [1.54, 1.807) is 12.1 Å². The van der Waals surface area contributed by atoms with Gasteiger partial charge in [-0.25, -0.2) is 4.39 Å². The zero-order chi connectivity index (χ0) is 14.8. The summed E-state index contributed by atoms with van der Waals surface area (Å²) in [5, 5.41) is 4.16. The van der Waals surface area contributed by atoms with Gasteiger partial charge in [0.2, 0.25) is 0 Å². The van der Waals surface area contributed by atoms with Crippen molar-refractivity contribution in [1.82, 2.24) is 5.32 Å². The van der Waals surface area contributed by atoms with Crippen LogP contribution in [-0.2, 0) is 0 Å². The molecule has 0 radical (unpaired) electrons. The molecule has 0 aromatic heterocycles. The standard InChI is InChI=1S/C18H19ClFN/c1-12-10-13(19)6-7-14(12)15-8-9-21-11-17(15)16-4-2-3-5-18(16)20/h2-7,10,15,17,21H,8-9,11H2,1H3. The fraction of sp³-hybridized carbons (Fsp3) is 0.333. The molecule has 1 nitrogen and oxygen atoms in total. The van der Waals surface area contributed by atoms with Crippen molar-refractivity contribution in [2.24, 2.45) is 0 Å². The molecule has 110 valence electrons. The number of rotatable bonds is 2. The minimum Gasteiger partial charge on any atom is -0.316 e. The third-order valence-electron chi connectivity index (χ3n) is 4.42. The molecule has 1 aliphatic rings. The summed E-state index contributed by atoms with van der Waals surface area (Å²) in [6, 6.07) is 13.2. The molecular weight excluding hydrogens is 285 g/mol. The molecule has 1 N–H and O–H groups in total. The van der Waals surface area contributed by atoms with Crippen molar-refractivity contribution in [3.05, 3.63) is 70.0 Å². The van der Waals surface area contributed by atoms with Crippen molar-refractivity contribution >= 4 is 11.6 Å². The van der Waals surface area contributed by atoms with Crippen LogP contribution in [0.3, 0.4) is 0 Å².